The molecule has 0 saturated heterocycles. The molecule has 9 heteroatoms. The third-order valence-corrected chi connectivity index (χ3v) is 7.00. The molecule has 0 saturated carbocycles. The molecule has 4 heterocycles. The van der Waals surface area contributed by atoms with Gasteiger partial charge in [-0.05, 0) is 55.0 Å². The summed E-state index contributed by atoms with van der Waals surface area (Å²) in [6, 6.07) is 20.7. The summed E-state index contributed by atoms with van der Waals surface area (Å²) in [4.78, 5) is 27.7. The molecule has 0 aliphatic carbocycles. The summed E-state index contributed by atoms with van der Waals surface area (Å²) in [5.41, 5.74) is 4.48. The van der Waals surface area contributed by atoms with Crippen LogP contribution in [-0.2, 0) is 17.8 Å². The molecule has 1 amide bonds. The van der Waals surface area contributed by atoms with Crippen molar-refractivity contribution in [3.05, 3.63) is 114 Å². The van der Waals surface area contributed by atoms with Gasteiger partial charge >= 0.3 is 0 Å². The van der Waals surface area contributed by atoms with Gasteiger partial charge in [0.1, 0.15) is 17.4 Å². The quantitative estimate of drug-likeness (QED) is 0.197. The number of hydrogen-bond acceptors (Lipinski definition) is 5. The van der Waals surface area contributed by atoms with Crippen LogP contribution in [0.5, 0.6) is 0 Å². The van der Waals surface area contributed by atoms with Crippen LogP contribution < -0.4 is 4.90 Å². The number of halogens is 1. The number of aromatic nitrogens is 5. The summed E-state index contributed by atoms with van der Waals surface area (Å²) in [5.74, 6) is 1.16. The minimum absolute atomic E-state index is 0.417. The van der Waals surface area contributed by atoms with Gasteiger partial charge in [-0.2, -0.15) is 0 Å². The molecule has 194 valence electrons. The van der Waals surface area contributed by atoms with E-state index in [0.29, 0.717) is 29.5 Å². The summed E-state index contributed by atoms with van der Waals surface area (Å²) in [6.07, 6.45) is 10.3. The van der Waals surface area contributed by atoms with Gasteiger partial charge in [-0.25, -0.2) is 9.97 Å². The van der Waals surface area contributed by atoms with Crippen LogP contribution in [0.3, 0.4) is 0 Å². The highest BCUT2D eigenvalue weighted by molar-refractivity contribution is 6.31. The predicted molar refractivity (Wildman–Crippen MR) is 151 cm³/mol. The number of hydrogen-bond donors (Lipinski definition) is 0. The van der Waals surface area contributed by atoms with E-state index in [-0.39, 0.29) is 0 Å². The fraction of sp³-hybridized carbons (Fsp3) is 0.133. The van der Waals surface area contributed by atoms with Crippen molar-refractivity contribution in [1.82, 2.24) is 24.1 Å². The molecule has 0 unspecified atom stereocenters. The first-order valence-corrected chi connectivity index (χ1v) is 13.0. The number of nitrogens with zero attached hydrogens (tertiary/aromatic N) is 6. The molecule has 0 fully saturated rings. The highest BCUT2D eigenvalue weighted by Gasteiger charge is 2.29. The van der Waals surface area contributed by atoms with Crippen LogP contribution in [0.15, 0.2) is 102 Å². The molecule has 0 N–H and O–H groups in total. The lowest BCUT2D eigenvalue weighted by atomic mass is 10.1. The van der Waals surface area contributed by atoms with Gasteiger partial charge < -0.3 is 13.6 Å². The standard InChI is InChI=1S/C30H25ClN6O2/c1-2-36-27(21-6-9-25(10-7-21)35-14-13-32-19-35)18-34-30(36)26(17-24-5-3-4-12-33-24)37(20-38)29-16-22-15-23(31)8-11-28(22)39-29/h3-16,18-20,26H,2,17H2,1H3/t26-/m0/s1. The fourth-order valence-electron chi connectivity index (χ4n) is 4.87. The number of rotatable bonds is 9. The lowest BCUT2D eigenvalue weighted by Crippen LogP contribution is -2.31. The van der Waals surface area contributed by atoms with Gasteiger partial charge in [0.25, 0.3) is 0 Å². The third kappa shape index (κ3) is 4.82. The van der Waals surface area contributed by atoms with E-state index in [4.69, 9.17) is 21.0 Å². The Labute approximate surface area is 230 Å². The molecule has 6 aromatic rings. The predicted octanol–water partition coefficient (Wildman–Crippen LogP) is 6.50. The van der Waals surface area contributed by atoms with Crippen LogP contribution >= 0.6 is 11.6 Å². The van der Waals surface area contributed by atoms with Gasteiger partial charge in [-0.3, -0.25) is 14.7 Å². The molecule has 4 aromatic heterocycles. The first-order valence-electron chi connectivity index (χ1n) is 12.6. The first kappa shape index (κ1) is 24.6. The molecular formula is C30H25ClN6O2. The second-order valence-corrected chi connectivity index (χ2v) is 9.52. The van der Waals surface area contributed by atoms with Crippen LogP contribution in [0.1, 0.15) is 24.5 Å². The molecule has 0 aliphatic rings. The number of furan rings is 1. The lowest BCUT2D eigenvalue weighted by Gasteiger charge is -2.26. The molecular weight excluding hydrogens is 512 g/mol. The second-order valence-electron chi connectivity index (χ2n) is 9.08. The smallest absolute Gasteiger partial charge is 0.217 e. The van der Waals surface area contributed by atoms with Crippen molar-refractivity contribution < 1.29 is 9.21 Å². The highest BCUT2D eigenvalue weighted by Crippen LogP contribution is 2.35. The van der Waals surface area contributed by atoms with Crippen molar-refractivity contribution in [1.29, 1.82) is 0 Å². The highest BCUT2D eigenvalue weighted by atomic mass is 35.5. The Balaban J connectivity index is 1.42. The molecule has 0 bridgehead atoms. The zero-order chi connectivity index (χ0) is 26.8. The molecule has 2 aromatic carbocycles. The molecule has 0 radical (unpaired) electrons. The van der Waals surface area contributed by atoms with Gasteiger partial charge in [-0.1, -0.05) is 29.8 Å². The van der Waals surface area contributed by atoms with Crippen molar-refractivity contribution in [2.75, 3.05) is 4.90 Å². The average molecular weight is 537 g/mol. The van der Waals surface area contributed by atoms with Crippen LogP contribution in [-0.4, -0.2) is 30.5 Å². The summed E-state index contributed by atoms with van der Waals surface area (Å²) in [6.45, 7) is 2.73. The molecule has 8 nitrogen and oxygen atoms in total. The Hall–Kier alpha value is -4.69. The number of benzene rings is 2. The Kier molecular flexibility index (Phi) is 6.69. The van der Waals surface area contributed by atoms with Crippen LogP contribution in [0.25, 0.3) is 27.9 Å². The fourth-order valence-corrected chi connectivity index (χ4v) is 5.05. The Morgan fingerprint density at radius 3 is 2.64 bits per heavy atom. The second kappa shape index (κ2) is 10.6. The topological polar surface area (TPSA) is 82.0 Å². The van der Waals surface area contributed by atoms with Crippen molar-refractivity contribution in [2.45, 2.75) is 25.9 Å². The van der Waals surface area contributed by atoms with E-state index in [9.17, 15) is 4.79 Å². The minimum atomic E-state index is -0.465. The van der Waals surface area contributed by atoms with Crippen molar-refractivity contribution in [3.8, 4) is 16.9 Å². The monoisotopic (exact) mass is 536 g/mol. The number of carbonyl (C=O) groups is 1. The maximum absolute atomic E-state index is 12.7. The van der Waals surface area contributed by atoms with Crippen LogP contribution in [0.4, 0.5) is 5.88 Å². The van der Waals surface area contributed by atoms with Crippen molar-refractivity contribution in [2.24, 2.45) is 0 Å². The SMILES string of the molecule is CCn1c(-c2ccc(-n3ccnc3)cc2)cnc1[C@H](Cc1ccccn1)N(C=O)c1cc2cc(Cl)ccc2o1. The zero-order valence-electron chi connectivity index (χ0n) is 21.2. The summed E-state index contributed by atoms with van der Waals surface area (Å²) in [7, 11) is 0. The van der Waals surface area contributed by atoms with Gasteiger partial charge in [0.05, 0.1) is 18.2 Å². The molecule has 0 spiro atoms. The molecule has 6 rings (SSSR count). The minimum Gasteiger partial charge on any atom is -0.440 e. The van der Waals surface area contributed by atoms with Crippen molar-refractivity contribution >= 4 is 34.9 Å². The normalized spacial score (nSPS) is 12.1. The first-order chi connectivity index (χ1) is 19.1. The van der Waals surface area contributed by atoms with Crippen LogP contribution in [0.2, 0.25) is 5.02 Å². The third-order valence-electron chi connectivity index (χ3n) is 6.76. The average Bonchev–Trinajstić information content (AvgIpc) is 3.73. The van der Waals surface area contributed by atoms with E-state index in [0.717, 1.165) is 40.3 Å². The van der Waals surface area contributed by atoms with E-state index < -0.39 is 6.04 Å². The summed E-state index contributed by atoms with van der Waals surface area (Å²) in [5, 5.41) is 1.42. The summed E-state index contributed by atoms with van der Waals surface area (Å²) >= 11 is 6.20. The summed E-state index contributed by atoms with van der Waals surface area (Å²) < 4.78 is 10.2. The number of imidazole rings is 2. The Morgan fingerprint density at radius 1 is 1.05 bits per heavy atom. The van der Waals surface area contributed by atoms with Crippen molar-refractivity contribution in [3.63, 3.8) is 0 Å². The zero-order valence-corrected chi connectivity index (χ0v) is 21.9. The van der Waals surface area contributed by atoms with E-state index in [1.54, 1.807) is 35.8 Å². The maximum atomic E-state index is 12.7. The van der Waals surface area contributed by atoms with Gasteiger partial charge in [0.15, 0.2) is 0 Å². The molecule has 39 heavy (non-hydrogen) atoms. The van der Waals surface area contributed by atoms with Gasteiger partial charge in [0.2, 0.25) is 12.3 Å². The lowest BCUT2D eigenvalue weighted by molar-refractivity contribution is -0.108. The molecule has 0 aliphatic heterocycles. The largest absolute Gasteiger partial charge is 0.440 e. The van der Waals surface area contributed by atoms with E-state index in [1.165, 1.54) is 0 Å². The molecule has 1 atom stereocenters. The van der Waals surface area contributed by atoms with E-state index in [1.807, 2.05) is 59.4 Å². The number of pyridine rings is 1. The van der Waals surface area contributed by atoms with E-state index >= 15 is 0 Å². The Morgan fingerprint density at radius 2 is 1.92 bits per heavy atom. The number of fused-ring (bicyclic) bond motifs is 1. The Bertz CT molecular complexity index is 1710. The van der Waals surface area contributed by atoms with E-state index in [2.05, 4.69) is 33.6 Å². The maximum Gasteiger partial charge on any atom is 0.217 e. The number of amides is 1. The van der Waals surface area contributed by atoms with Gasteiger partial charge in [0, 0.05) is 59.4 Å². The number of anilines is 1. The van der Waals surface area contributed by atoms with Gasteiger partial charge in [-0.15, -0.1) is 0 Å². The number of carbonyl (C=O) groups excluding carboxylic acids is 1. The van der Waals surface area contributed by atoms with Crippen LogP contribution in [0, 0.1) is 0 Å².